The van der Waals surface area contributed by atoms with Crippen LogP contribution in [0.5, 0.6) is 0 Å². The highest BCUT2D eigenvalue weighted by atomic mass is 32.1. The maximum absolute atomic E-state index is 11.0. The Hall–Kier alpha value is -0.380. The molecule has 0 aliphatic carbocycles. The molecule has 0 spiro atoms. The molecule has 1 unspecified atom stereocenters. The van der Waals surface area contributed by atoms with E-state index in [-0.39, 0.29) is 6.09 Å². The predicted octanol–water partition coefficient (Wildman–Crippen LogP) is 1.78. The molecule has 1 rings (SSSR count). The second-order valence-electron chi connectivity index (χ2n) is 3.51. The normalized spacial score (nSPS) is 18.9. The smallest absolute Gasteiger partial charge is 0.409 e. The highest BCUT2D eigenvalue weighted by Crippen LogP contribution is 2.11. The van der Waals surface area contributed by atoms with Crippen molar-refractivity contribution in [2.24, 2.45) is 5.92 Å². The Balaban J connectivity index is 2.14. The topological polar surface area (TPSA) is 29.5 Å². The predicted molar refractivity (Wildman–Crippen MR) is 55.2 cm³/mol. The first-order chi connectivity index (χ1) is 6.24. The molecule has 1 saturated heterocycles. The number of cyclic esters (lactones) is 1. The van der Waals surface area contributed by atoms with E-state index in [2.05, 4.69) is 19.6 Å². The zero-order valence-corrected chi connectivity index (χ0v) is 8.93. The van der Waals surface area contributed by atoms with E-state index in [4.69, 9.17) is 4.74 Å². The first-order valence-corrected chi connectivity index (χ1v) is 5.40. The third-order valence-corrected chi connectivity index (χ3v) is 2.62. The molecule has 0 aromatic carbocycles. The molecular formula is C9H17NO2S. The summed E-state index contributed by atoms with van der Waals surface area (Å²) in [5.41, 5.74) is 0. The summed E-state index contributed by atoms with van der Waals surface area (Å²) < 4.78 is 4.83. The van der Waals surface area contributed by atoms with Crippen molar-refractivity contribution in [3.8, 4) is 0 Å². The number of amides is 1. The van der Waals surface area contributed by atoms with Gasteiger partial charge in [0.2, 0.25) is 0 Å². The van der Waals surface area contributed by atoms with E-state index in [1.807, 2.05) is 0 Å². The molecule has 0 bridgehead atoms. The average Bonchev–Trinajstić information content (AvgIpc) is 2.48. The van der Waals surface area contributed by atoms with Crippen LogP contribution in [0.3, 0.4) is 0 Å². The summed E-state index contributed by atoms with van der Waals surface area (Å²) in [5.74, 6) is 1.57. The van der Waals surface area contributed by atoms with Gasteiger partial charge in [0.25, 0.3) is 0 Å². The number of rotatable bonds is 5. The first kappa shape index (κ1) is 10.7. The lowest BCUT2D eigenvalue weighted by Crippen LogP contribution is -2.26. The molecule has 0 aromatic rings. The number of carbonyl (C=O) groups excluding carboxylic acids is 1. The van der Waals surface area contributed by atoms with Gasteiger partial charge in [0, 0.05) is 6.54 Å². The number of ether oxygens (including phenoxy) is 1. The van der Waals surface area contributed by atoms with Gasteiger partial charge in [0.15, 0.2) is 0 Å². The van der Waals surface area contributed by atoms with Crippen molar-refractivity contribution >= 4 is 18.7 Å². The van der Waals surface area contributed by atoms with Gasteiger partial charge in [-0.2, -0.15) is 12.6 Å². The van der Waals surface area contributed by atoms with Gasteiger partial charge < -0.3 is 9.64 Å². The van der Waals surface area contributed by atoms with Crippen molar-refractivity contribution in [2.75, 3.05) is 25.4 Å². The Morgan fingerprint density at radius 3 is 2.92 bits per heavy atom. The van der Waals surface area contributed by atoms with E-state index in [0.29, 0.717) is 12.5 Å². The Morgan fingerprint density at radius 1 is 1.62 bits per heavy atom. The Bertz CT molecular complexity index is 175. The summed E-state index contributed by atoms with van der Waals surface area (Å²) in [6.07, 6.45) is 2.01. The van der Waals surface area contributed by atoms with Gasteiger partial charge in [-0.25, -0.2) is 4.79 Å². The van der Waals surface area contributed by atoms with Crippen LogP contribution in [0.2, 0.25) is 0 Å². The summed E-state index contributed by atoms with van der Waals surface area (Å²) in [5, 5.41) is 0. The van der Waals surface area contributed by atoms with E-state index in [0.717, 1.165) is 31.7 Å². The van der Waals surface area contributed by atoms with Gasteiger partial charge in [0.05, 0.1) is 6.54 Å². The van der Waals surface area contributed by atoms with Crippen LogP contribution in [0.15, 0.2) is 0 Å². The standard InChI is InChI=1S/C9H17NO2S/c1-8(3-7-13)2-4-10-5-6-12-9(10)11/h8,13H,2-7H2,1H3. The van der Waals surface area contributed by atoms with Gasteiger partial charge in [-0.05, 0) is 24.5 Å². The first-order valence-electron chi connectivity index (χ1n) is 4.76. The van der Waals surface area contributed by atoms with Crippen LogP contribution < -0.4 is 0 Å². The summed E-state index contributed by atoms with van der Waals surface area (Å²) in [4.78, 5) is 12.8. The lowest BCUT2D eigenvalue weighted by molar-refractivity contribution is 0.157. The van der Waals surface area contributed by atoms with Crippen molar-refractivity contribution in [2.45, 2.75) is 19.8 Å². The number of carbonyl (C=O) groups is 1. The zero-order valence-electron chi connectivity index (χ0n) is 8.03. The largest absolute Gasteiger partial charge is 0.448 e. The Kier molecular flexibility index (Phi) is 4.42. The molecule has 3 nitrogen and oxygen atoms in total. The van der Waals surface area contributed by atoms with E-state index in [1.54, 1.807) is 4.90 Å². The fourth-order valence-corrected chi connectivity index (χ4v) is 1.81. The third-order valence-electron chi connectivity index (χ3n) is 2.36. The van der Waals surface area contributed by atoms with Gasteiger partial charge >= 0.3 is 6.09 Å². The van der Waals surface area contributed by atoms with Crippen molar-refractivity contribution in [3.63, 3.8) is 0 Å². The van der Waals surface area contributed by atoms with Crippen LogP contribution >= 0.6 is 12.6 Å². The maximum Gasteiger partial charge on any atom is 0.409 e. The fraction of sp³-hybridized carbons (Fsp3) is 0.889. The molecule has 76 valence electrons. The summed E-state index contributed by atoms with van der Waals surface area (Å²) in [6.45, 7) is 4.33. The third kappa shape index (κ3) is 3.46. The second-order valence-corrected chi connectivity index (χ2v) is 3.95. The van der Waals surface area contributed by atoms with Gasteiger partial charge in [-0.3, -0.25) is 0 Å². The van der Waals surface area contributed by atoms with Crippen LogP contribution in [-0.2, 0) is 4.74 Å². The van der Waals surface area contributed by atoms with Gasteiger partial charge in [-0.15, -0.1) is 0 Å². The minimum Gasteiger partial charge on any atom is -0.448 e. The maximum atomic E-state index is 11.0. The minimum absolute atomic E-state index is 0.155. The van der Waals surface area contributed by atoms with E-state index in [9.17, 15) is 4.79 Å². The van der Waals surface area contributed by atoms with Gasteiger partial charge in [0.1, 0.15) is 6.61 Å². The molecule has 1 atom stereocenters. The number of hydrogen-bond donors (Lipinski definition) is 1. The molecule has 0 N–H and O–H groups in total. The number of thiol groups is 1. The molecule has 0 aromatic heterocycles. The molecule has 1 heterocycles. The minimum atomic E-state index is -0.155. The zero-order chi connectivity index (χ0) is 9.68. The SMILES string of the molecule is CC(CCS)CCN1CCOC1=O. The molecule has 1 amide bonds. The van der Waals surface area contributed by atoms with Crippen molar-refractivity contribution in [3.05, 3.63) is 0 Å². The van der Waals surface area contributed by atoms with Crippen LogP contribution in [-0.4, -0.2) is 36.4 Å². The molecule has 0 radical (unpaired) electrons. The molecule has 0 saturated carbocycles. The van der Waals surface area contributed by atoms with E-state index < -0.39 is 0 Å². The van der Waals surface area contributed by atoms with Crippen LogP contribution in [0.1, 0.15) is 19.8 Å². The Labute approximate surface area is 84.8 Å². The summed E-state index contributed by atoms with van der Waals surface area (Å²) >= 11 is 4.18. The molecule has 1 aliphatic heterocycles. The van der Waals surface area contributed by atoms with Crippen molar-refractivity contribution in [1.82, 2.24) is 4.90 Å². The van der Waals surface area contributed by atoms with Crippen LogP contribution in [0.4, 0.5) is 4.79 Å². The Morgan fingerprint density at radius 2 is 2.38 bits per heavy atom. The van der Waals surface area contributed by atoms with Crippen LogP contribution in [0, 0.1) is 5.92 Å². The highest BCUT2D eigenvalue weighted by molar-refractivity contribution is 7.80. The van der Waals surface area contributed by atoms with E-state index >= 15 is 0 Å². The molecule has 13 heavy (non-hydrogen) atoms. The average molecular weight is 203 g/mol. The molecule has 1 fully saturated rings. The summed E-state index contributed by atoms with van der Waals surface area (Å²) in [7, 11) is 0. The molecule has 1 aliphatic rings. The highest BCUT2D eigenvalue weighted by Gasteiger charge is 2.21. The van der Waals surface area contributed by atoms with Crippen molar-refractivity contribution < 1.29 is 9.53 Å². The van der Waals surface area contributed by atoms with Crippen LogP contribution in [0.25, 0.3) is 0 Å². The lowest BCUT2D eigenvalue weighted by Gasteiger charge is -2.15. The quantitative estimate of drug-likeness (QED) is 0.690. The lowest BCUT2D eigenvalue weighted by atomic mass is 10.1. The van der Waals surface area contributed by atoms with E-state index in [1.165, 1.54) is 0 Å². The fourth-order valence-electron chi connectivity index (χ4n) is 1.37. The number of nitrogens with zero attached hydrogens (tertiary/aromatic N) is 1. The monoisotopic (exact) mass is 203 g/mol. The second kappa shape index (κ2) is 5.37. The summed E-state index contributed by atoms with van der Waals surface area (Å²) in [6, 6.07) is 0. The molecular weight excluding hydrogens is 186 g/mol. The molecule has 4 heteroatoms. The van der Waals surface area contributed by atoms with Gasteiger partial charge in [-0.1, -0.05) is 6.92 Å². The van der Waals surface area contributed by atoms with Crippen molar-refractivity contribution in [1.29, 1.82) is 0 Å². The number of hydrogen-bond acceptors (Lipinski definition) is 3.